The zero-order chi connectivity index (χ0) is 13.4. The maximum atomic E-state index is 12.0. The third-order valence-corrected chi connectivity index (χ3v) is 5.00. The average Bonchev–Trinajstić information content (AvgIpc) is 3.05. The van der Waals surface area contributed by atoms with Crippen molar-refractivity contribution < 1.29 is 0 Å². The van der Waals surface area contributed by atoms with E-state index >= 15 is 0 Å². The van der Waals surface area contributed by atoms with Gasteiger partial charge >= 0.3 is 0 Å². The summed E-state index contributed by atoms with van der Waals surface area (Å²) in [7, 11) is 1.66. The predicted octanol–water partition coefficient (Wildman–Crippen LogP) is 2.95. The normalized spacial score (nSPS) is 19.1. The third kappa shape index (κ3) is 2.23. The van der Waals surface area contributed by atoms with Crippen LogP contribution in [0.2, 0.25) is 0 Å². The Kier molecular flexibility index (Phi) is 3.45. The number of rotatable bonds is 2. The maximum absolute atomic E-state index is 12.0. The Morgan fingerprint density at radius 1 is 1.53 bits per heavy atom. The van der Waals surface area contributed by atoms with Crippen molar-refractivity contribution >= 4 is 33.0 Å². The van der Waals surface area contributed by atoms with Crippen molar-refractivity contribution in [2.24, 2.45) is 7.05 Å². The summed E-state index contributed by atoms with van der Waals surface area (Å²) in [6, 6.07) is 2.52. The fourth-order valence-corrected chi connectivity index (χ4v) is 3.86. The summed E-state index contributed by atoms with van der Waals surface area (Å²) < 4.78 is 1.95. The van der Waals surface area contributed by atoms with Gasteiger partial charge in [-0.15, -0.1) is 0 Å². The zero-order valence-corrected chi connectivity index (χ0v) is 12.9. The van der Waals surface area contributed by atoms with E-state index in [4.69, 9.17) is 0 Å². The monoisotopic (exact) mass is 339 g/mol. The fourth-order valence-electron chi connectivity index (χ4n) is 2.57. The van der Waals surface area contributed by atoms with E-state index in [2.05, 4.69) is 42.8 Å². The first kappa shape index (κ1) is 12.9. The summed E-state index contributed by atoms with van der Waals surface area (Å²) in [5.74, 6) is 0. The van der Waals surface area contributed by atoms with Gasteiger partial charge in [0.1, 0.15) is 4.47 Å². The summed E-state index contributed by atoms with van der Waals surface area (Å²) in [6.07, 6.45) is 4.04. The Bertz CT molecular complexity index is 638. The molecule has 19 heavy (non-hydrogen) atoms. The van der Waals surface area contributed by atoms with E-state index < -0.39 is 0 Å². The summed E-state index contributed by atoms with van der Waals surface area (Å²) in [6.45, 7) is 0.966. The molecule has 0 aromatic carbocycles. The molecule has 1 fully saturated rings. The van der Waals surface area contributed by atoms with E-state index in [1.165, 1.54) is 10.2 Å². The first-order valence-electron chi connectivity index (χ1n) is 6.19. The molecule has 0 spiro atoms. The second-order valence-corrected chi connectivity index (χ2v) is 6.25. The molecular formula is C13H14BrN3OS. The first-order valence-corrected chi connectivity index (χ1v) is 7.92. The number of aromatic nitrogens is 2. The van der Waals surface area contributed by atoms with Gasteiger partial charge in [0, 0.05) is 13.6 Å². The van der Waals surface area contributed by atoms with Crippen LogP contribution in [0.3, 0.4) is 0 Å². The molecule has 0 N–H and O–H groups in total. The van der Waals surface area contributed by atoms with Crippen LogP contribution in [0.15, 0.2) is 32.3 Å². The SMILES string of the molecule is Cn1ncc(N2CCCC2c2ccsc2)c(Br)c1=O. The molecule has 0 saturated carbocycles. The summed E-state index contributed by atoms with van der Waals surface area (Å²) in [4.78, 5) is 14.2. The Morgan fingerprint density at radius 2 is 2.37 bits per heavy atom. The van der Waals surface area contributed by atoms with Crippen LogP contribution in [0.1, 0.15) is 24.4 Å². The minimum Gasteiger partial charge on any atom is -0.362 e. The number of aryl methyl sites for hydroxylation is 1. The van der Waals surface area contributed by atoms with Gasteiger partial charge in [-0.05, 0) is 51.2 Å². The van der Waals surface area contributed by atoms with Gasteiger partial charge in [0.15, 0.2) is 0 Å². The molecule has 2 aromatic rings. The second kappa shape index (κ2) is 5.09. The molecule has 1 unspecified atom stereocenters. The van der Waals surface area contributed by atoms with Crippen LogP contribution in [0.4, 0.5) is 5.69 Å². The van der Waals surface area contributed by atoms with Crippen molar-refractivity contribution in [3.63, 3.8) is 0 Å². The largest absolute Gasteiger partial charge is 0.362 e. The Hall–Kier alpha value is -1.14. The van der Waals surface area contributed by atoms with Crippen molar-refractivity contribution in [3.8, 4) is 0 Å². The molecule has 1 aliphatic heterocycles. The fraction of sp³-hybridized carbons (Fsp3) is 0.385. The molecule has 1 saturated heterocycles. The van der Waals surface area contributed by atoms with Gasteiger partial charge in [-0.1, -0.05) is 0 Å². The molecule has 0 amide bonds. The lowest BCUT2D eigenvalue weighted by Gasteiger charge is -2.26. The minimum atomic E-state index is -0.0894. The van der Waals surface area contributed by atoms with Crippen molar-refractivity contribution in [2.45, 2.75) is 18.9 Å². The number of thiophene rings is 1. The Labute approximate surface area is 123 Å². The highest BCUT2D eigenvalue weighted by Gasteiger charge is 2.28. The molecule has 0 radical (unpaired) electrons. The molecule has 6 heteroatoms. The van der Waals surface area contributed by atoms with Gasteiger partial charge < -0.3 is 4.90 Å². The van der Waals surface area contributed by atoms with Gasteiger partial charge in [0.2, 0.25) is 0 Å². The van der Waals surface area contributed by atoms with Crippen LogP contribution in [-0.4, -0.2) is 16.3 Å². The van der Waals surface area contributed by atoms with E-state index in [9.17, 15) is 4.79 Å². The van der Waals surface area contributed by atoms with Gasteiger partial charge in [-0.3, -0.25) is 4.79 Å². The van der Waals surface area contributed by atoms with E-state index in [1.807, 2.05) is 0 Å². The van der Waals surface area contributed by atoms with Crippen LogP contribution in [0, 0.1) is 0 Å². The van der Waals surface area contributed by atoms with E-state index in [0.717, 1.165) is 25.1 Å². The van der Waals surface area contributed by atoms with Crippen molar-refractivity contribution in [1.82, 2.24) is 9.78 Å². The van der Waals surface area contributed by atoms with Crippen molar-refractivity contribution in [3.05, 3.63) is 43.4 Å². The Balaban J connectivity index is 2.02. The molecular weight excluding hydrogens is 326 g/mol. The Morgan fingerprint density at radius 3 is 3.11 bits per heavy atom. The summed E-state index contributed by atoms with van der Waals surface area (Å²) in [5.41, 5.74) is 2.14. The lowest BCUT2D eigenvalue weighted by Crippen LogP contribution is -2.28. The molecule has 2 aromatic heterocycles. The van der Waals surface area contributed by atoms with E-state index in [0.29, 0.717) is 10.5 Å². The highest BCUT2D eigenvalue weighted by Crippen LogP contribution is 2.38. The number of halogens is 1. The van der Waals surface area contributed by atoms with Gasteiger partial charge in [0.25, 0.3) is 5.56 Å². The molecule has 0 bridgehead atoms. The van der Waals surface area contributed by atoms with Crippen molar-refractivity contribution in [1.29, 1.82) is 0 Å². The maximum Gasteiger partial charge on any atom is 0.282 e. The highest BCUT2D eigenvalue weighted by molar-refractivity contribution is 9.10. The molecule has 1 aliphatic rings. The number of nitrogens with zero attached hydrogens (tertiary/aromatic N) is 3. The minimum absolute atomic E-state index is 0.0894. The van der Waals surface area contributed by atoms with Crippen LogP contribution in [0.5, 0.6) is 0 Å². The lowest BCUT2D eigenvalue weighted by molar-refractivity contribution is 0.681. The molecule has 100 valence electrons. The molecule has 3 heterocycles. The van der Waals surface area contributed by atoms with E-state index in [-0.39, 0.29) is 5.56 Å². The van der Waals surface area contributed by atoms with Gasteiger partial charge in [-0.2, -0.15) is 16.4 Å². The van der Waals surface area contributed by atoms with Gasteiger partial charge in [0.05, 0.1) is 17.9 Å². The van der Waals surface area contributed by atoms with Crippen LogP contribution in [0.25, 0.3) is 0 Å². The molecule has 0 aliphatic carbocycles. The van der Waals surface area contributed by atoms with Crippen molar-refractivity contribution in [2.75, 3.05) is 11.4 Å². The quantitative estimate of drug-likeness (QED) is 0.844. The summed E-state index contributed by atoms with van der Waals surface area (Å²) >= 11 is 5.13. The van der Waals surface area contributed by atoms with Crippen LogP contribution < -0.4 is 10.5 Å². The first-order chi connectivity index (χ1) is 9.18. The zero-order valence-electron chi connectivity index (χ0n) is 10.5. The lowest BCUT2D eigenvalue weighted by atomic mass is 10.1. The average molecular weight is 340 g/mol. The number of anilines is 1. The van der Waals surface area contributed by atoms with Crippen LogP contribution >= 0.6 is 27.3 Å². The van der Waals surface area contributed by atoms with Crippen LogP contribution in [-0.2, 0) is 7.05 Å². The molecule has 3 rings (SSSR count). The molecule has 1 atom stereocenters. The second-order valence-electron chi connectivity index (χ2n) is 4.68. The topological polar surface area (TPSA) is 38.1 Å². The third-order valence-electron chi connectivity index (χ3n) is 3.55. The molecule has 4 nitrogen and oxygen atoms in total. The smallest absolute Gasteiger partial charge is 0.282 e. The van der Waals surface area contributed by atoms with E-state index in [1.54, 1.807) is 24.6 Å². The predicted molar refractivity (Wildman–Crippen MR) is 80.8 cm³/mol. The van der Waals surface area contributed by atoms with Gasteiger partial charge in [-0.25, -0.2) is 4.68 Å². The number of hydrogen-bond donors (Lipinski definition) is 0. The highest BCUT2D eigenvalue weighted by atomic mass is 79.9. The number of hydrogen-bond acceptors (Lipinski definition) is 4. The standard InChI is InChI=1S/C13H14BrN3OS/c1-16-13(18)12(14)11(7-15-16)17-5-2-3-10(17)9-4-6-19-8-9/h4,6-8,10H,2-3,5H2,1H3. The summed E-state index contributed by atoms with van der Waals surface area (Å²) in [5, 5.41) is 8.42.